The molecule has 4 aromatic rings. The van der Waals surface area contributed by atoms with Crippen LogP contribution in [0.25, 0.3) is 10.9 Å². The molecule has 0 spiro atoms. The first kappa shape index (κ1) is 30.3. The van der Waals surface area contributed by atoms with Crippen molar-refractivity contribution < 1.29 is 23.5 Å². The Balaban J connectivity index is 1.24. The number of carbonyl (C=O) groups excluding carboxylic acids is 2. The number of fused-ring (bicyclic) bond motifs is 3. The number of rotatable bonds is 10. The normalized spacial score (nSPS) is 17.0. The number of likely N-dealkylation sites (N-methyl/N-ethyl adjacent to an activating group) is 1. The van der Waals surface area contributed by atoms with Crippen LogP contribution >= 0.6 is 0 Å². The van der Waals surface area contributed by atoms with E-state index in [1.165, 1.54) is 33.3 Å². The van der Waals surface area contributed by atoms with E-state index in [4.69, 9.17) is 9.47 Å². The van der Waals surface area contributed by atoms with Crippen molar-refractivity contribution >= 4 is 23.0 Å². The largest absolute Gasteiger partial charge is 0.459 e. The van der Waals surface area contributed by atoms with E-state index in [2.05, 4.69) is 59.2 Å². The molecule has 2 unspecified atom stereocenters. The highest BCUT2D eigenvalue weighted by molar-refractivity contribution is 5.86. The summed E-state index contributed by atoms with van der Waals surface area (Å²) in [5.41, 5.74) is 8.31. The zero-order valence-electron chi connectivity index (χ0n) is 25.9. The first-order valence-electron chi connectivity index (χ1n) is 15.1. The average Bonchev–Trinajstić information content (AvgIpc) is 3.29. The lowest BCUT2D eigenvalue weighted by Gasteiger charge is -2.37. The second-order valence-electron chi connectivity index (χ2n) is 12.4. The van der Waals surface area contributed by atoms with Crippen molar-refractivity contribution in [2.75, 3.05) is 20.3 Å². The third-order valence-corrected chi connectivity index (χ3v) is 8.39. The summed E-state index contributed by atoms with van der Waals surface area (Å²) in [4.78, 5) is 30.2. The average molecular weight is 584 g/mol. The number of hydrogen-bond acceptors (Lipinski definition) is 5. The molecule has 43 heavy (non-hydrogen) atoms. The molecule has 0 bridgehead atoms. The zero-order chi connectivity index (χ0) is 30.6. The minimum absolute atomic E-state index is 0.150. The van der Waals surface area contributed by atoms with Gasteiger partial charge in [0.25, 0.3) is 0 Å². The van der Waals surface area contributed by atoms with Gasteiger partial charge in [0.15, 0.2) is 0 Å². The molecule has 1 amide bonds. The number of esters is 1. The summed E-state index contributed by atoms with van der Waals surface area (Å²) in [6, 6.07) is 19.6. The summed E-state index contributed by atoms with van der Waals surface area (Å²) >= 11 is 0. The Hall–Kier alpha value is -4.17. The molecular formula is C35H43N4O4+. The van der Waals surface area contributed by atoms with Crippen LogP contribution in [-0.2, 0) is 46.8 Å². The highest BCUT2D eigenvalue weighted by Gasteiger charge is 2.35. The van der Waals surface area contributed by atoms with Crippen molar-refractivity contribution in [3.05, 3.63) is 101 Å². The molecule has 0 radical (unpaired) electrons. The fraction of sp³-hybridized carbons (Fsp3) is 0.400. The number of hydrogen-bond donors (Lipinski definition) is 1. The Bertz CT molecular complexity index is 1580. The van der Waals surface area contributed by atoms with E-state index in [0.717, 1.165) is 43.7 Å². The molecule has 2 aromatic heterocycles. The minimum atomic E-state index is -0.792. The van der Waals surface area contributed by atoms with Crippen LogP contribution in [0, 0.1) is 19.8 Å². The van der Waals surface area contributed by atoms with E-state index < -0.39 is 18.1 Å². The maximum Gasteiger partial charge on any atom is 0.412 e. The second-order valence-corrected chi connectivity index (χ2v) is 12.4. The monoisotopic (exact) mass is 583 g/mol. The maximum atomic E-state index is 12.9. The van der Waals surface area contributed by atoms with Crippen LogP contribution < -0.4 is 5.32 Å². The molecule has 3 heterocycles. The highest BCUT2D eigenvalue weighted by Crippen LogP contribution is 2.34. The van der Waals surface area contributed by atoms with Gasteiger partial charge in [-0.25, -0.2) is 9.59 Å². The van der Waals surface area contributed by atoms with Gasteiger partial charge >= 0.3 is 12.1 Å². The van der Waals surface area contributed by atoms with Gasteiger partial charge in [-0.15, -0.1) is 0 Å². The third-order valence-electron chi connectivity index (χ3n) is 8.39. The summed E-state index contributed by atoms with van der Waals surface area (Å²) in [6.07, 6.45) is 3.17. The number of nitrogens with zero attached hydrogens (tertiary/aromatic N) is 3. The molecule has 2 aromatic carbocycles. The van der Waals surface area contributed by atoms with E-state index in [1.54, 1.807) is 0 Å². The van der Waals surface area contributed by atoms with Gasteiger partial charge in [0.1, 0.15) is 19.2 Å². The fourth-order valence-electron chi connectivity index (χ4n) is 5.84. The minimum Gasteiger partial charge on any atom is -0.459 e. The van der Waals surface area contributed by atoms with Crippen LogP contribution in [0.5, 0.6) is 0 Å². The summed E-state index contributed by atoms with van der Waals surface area (Å²) in [7, 11) is 2.13. The molecular weight excluding hydrogens is 540 g/mol. The molecule has 1 N–H and O–H groups in total. The lowest BCUT2D eigenvalue weighted by Crippen LogP contribution is -2.51. The van der Waals surface area contributed by atoms with Gasteiger partial charge in [0.05, 0.1) is 13.6 Å². The van der Waals surface area contributed by atoms with Crippen molar-refractivity contribution in [1.29, 1.82) is 0 Å². The van der Waals surface area contributed by atoms with E-state index in [-0.39, 0.29) is 19.3 Å². The molecule has 0 saturated carbocycles. The predicted molar refractivity (Wildman–Crippen MR) is 167 cm³/mol. The van der Waals surface area contributed by atoms with Crippen LogP contribution in [0.3, 0.4) is 0 Å². The molecule has 1 aliphatic rings. The Kier molecular flexibility index (Phi) is 9.16. The molecule has 8 heteroatoms. The van der Waals surface area contributed by atoms with Gasteiger partial charge in [-0.3, -0.25) is 9.47 Å². The number of ether oxygens (including phenoxy) is 2. The number of benzene rings is 2. The number of quaternary nitrogens is 1. The van der Waals surface area contributed by atoms with Crippen LogP contribution in [0.1, 0.15) is 47.5 Å². The number of carbonyl (C=O) groups is 2. The third kappa shape index (κ3) is 7.25. The number of alkyl carbamates (subject to hydrolysis) is 1. The molecule has 0 fully saturated rings. The first-order valence-corrected chi connectivity index (χ1v) is 15.1. The number of nitrogens with one attached hydrogen (secondary N) is 1. The van der Waals surface area contributed by atoms with Gasteiger partial charge in [-0.1, -0.05) is 61.9 Å². The Labute approximate surface area is 254 Å². The zero-order valence-corrected chi connectivity index (χ0v) is 25.9. The quantitative estimate of drug-likeness (QED) is 0.187. The van der Waals surface area contributed by atoms with Gasteiger partial charge in [-0.2, -0.15) is 0 Å². The number of pyridine rings is 1. The van der Waals surface area contributed by atoms with Gasteiger partial charge in [-0.05, 0) is 55.5 Å². The van der Waals surface area contributed by atoms with E-state index in [1.807, 2.05) is 57.3 Å². The maximum absolute atomic E-state index is 12.9. The van der Waals surface area contributed by atoms with Crippen molar-refractivity contribution in [1.82, 2.24) is 14.9 Å². The molecule has 1 aliphatic heterocycles. The Morgan fingerprint density at radius 1 is 1.02 bits per heavy atom. The molecule has 5 rings (SSSR count). The lowest BCUT2D eigenvalue weighted by molar-refractivity contribution is -0.940. The van der Waals surface area contributed by atoms with Gasteiger partial charge in [0, 0.05) is 47.0 Å². The molecule has 8 nitrogen and oxygen atoms in total. The molecule has 0 aliphatic carbocycles. The number of aromatic nitrogens is 2. The van der Waals surface area contributed by atoms with Crippen molar-refractivity contribution in [3.63, 3.8) is 0 Å². The lowest BCUT2D eigenvalue weighted by atomic mass is 10.0. The summed E-state index contributed by atoms with van der Waals surface area (Å²) in [5, 5.41) is 4.02. The van der Waals surface area contributed by atoms with Crippen LogP contribution in [-0.4, -0.2) is 52.5 Å². The van der Waals surface area contributed by atoms with Crippen molar-refractivity contribution in [3.8, 4) is 0 Å². The Morgan fingerprint density at radius 3 is 2.53 bits per heavy atom. The standard InChI is InChI=1S/C35H42N4O4/c1-24(2)33(34(40)42-22-28-9-7-6-8-10-28)37-35(41)43-23-39(5)18-16-32-30(21-39)29-19-25(3)11-14-31(29)38(32)17-15-27-13-12-26(4)36-20-27/h6-14,19-20,24,33H,15-18,21-23H2,1-5H3/p+1. The van der Waals surface area contributed by atoms with Crippen LogP contribution in [0.15, 0.2) is 66.9 Å². The number of amides is 1. The van der Waals surface area contributed by atoms with E-state index >= 15 is 0 Å². The predicted octanol–water partition coefficient (Wildman–Crippen LogP) is 5.85. The Morgan fingerprint density at radius 2 is 1.81 bits per heavy atom. The summed E-state index contributed by atoms with van der Waals surface area (Å²) in [5.74, 6) is -0.619. The van der Waals surface area contributed by atoms with Crippen molar-refractivity contribution in [2.45, 2.75) is 66.3 Å². The van der Waals surface area contributed by atoms with Crippen molar-refractivity contribution in [2.24, 2.45) is 5.92 Å². The smallest absolute Gasteiger partial charge is 0.412 e. The first-order chi connectivity index (χ1) is 20.6. The second kappa shape index (κ2) is 13.0. The van der Waals surface area contributed by atoms with E-state index in [9.17, 15) is 9.59 Å². The molecule has 2 atom stereocenters. The SMILES string of the molecule is Cc1ccc2c(c1)c1c(n2CCc2ccc(C)nc2)CC[N+](C)(COC(=O)NC(C(=O)OCc2ccccc2)C(C)C)C1. The summed E-state index contributed by atoms with van der Waals surface area (Å²) in [6.45, 7) is 10.7. The number of aryl methyl sites for hydroxylation is 4. The highest BCUT2D eigenvalue weighted by atomic mass is 16.6. The van der Waals surface area contributed by atoms with E-state index in [0.29, 0.717) is 4.48 Å². The van der Waals surface area contributed by atoms with Crippen LogP contribution in [0.4, 0.5) is 4.79 Å². The summed E-state index contributed by atoms with van der Waals surface area (Å²) < 4.78 is 14.3. The fourth-order valence-corrected chi connectivity index (χ4v) is 5.84. The van der Waals surface area contributed by atoms with Gasteiger partial charge < -0.3 is 19.4 Å². The molecule has 226 valence electrons. The molecule has 0 saturated heterocycles. The topological polar surface area (TPSA) is 82.5 Å². The van der Waals surface area contributed by atoms with Crippen LogP contribution in [0.2, 0.25) is 0 Å². The van der Waals surface area contributed by atoms with Gasteiger partial charge in [0.2, 0.25) is 6.73 Å².